The number of nitrogens with zero attached hydrogens (tertiary/aromatic N) is 2. The summed E-state index contributed by atoms with van der Waals surface area (Å²) in [5.41, 5.74) is 10.1. The van der Waals surface area contributed by atoms with Gasteiger partial charge in [-0.05, 0) is 96.5 Å². The molecular weight excluding hydrogens is 581 g/mol. The largest absolute Gasteiger partial charge is 0.311 e. The van der Waals surface area contributed by atoms with Crippen LogP contribution in [0.3, 0.4) is 0 Å². The molecule has 6 aromatic rings. The maximum atomic E-state index is 2.42. The first kappa shape index (κ1) is 33.6. The number of hydrogen-bond acceptors (Lipinski definition) is 1. The zero-order chi connectivity index (χ0) is 33.3. The summed E-state index contributed by atoms with van der Waals surface area (Å²) in [5, 5.41) is 2.58. The number of para-hydroxylation sites is 2. The molecule has 0 saturated heterocycles. The number of anilines is 3. The molecule has 0 saturated carbocycles. The maximum absolute atomic E-state index is 2.42. The highest BCUT2D eigenvalue weighted by molar-refractivity contribution is 6.09. The lowest BCUT2D eigenvalue weighted by molar-refractivity contribution is 0.449. The second-order valence-electron chi connectivity index (χ2n) is 13.8. The van der Waals surface area contributed by atoms with Crippen molar-refractivity contribution in [2.45, 2.75) is 91.9 Å². The van der Waals surface area contributed by atoms with Crippen LogP contribution in [0, 0.1) is 11.8 Å². The van der Waals surface area contributed by atoms with E-state index in [0.29, 0.717) is 0 Å². The Morgan fingerprint density at radius 1 is 0.479 bits per heavy atom. The van der Waals surface area contributed by atoms with Crippen LogP contribution in [0.4, 0.5) is 17.1 Å². The fraction of sp³-hybridized carbons (Fsp3) is 0.348. The average Bonchev–Trinajstić information content (AvgIpc) is 3.48. The molecule has 0 radical (unpaired) electrons. The Morgan fingerprint density at radius 2 is 0.875 bits per heavy atom. The summed E-state index contributed by atoms with van der Waals surface area (Å²) in [6.45, 7) is 9.28. The normalized spacial score (nSPS) is 12.8. The summed E-state index contributed by atoms with van der Waals surface area (Å²) >= 11 is 0. The number of aromatic nitrogens is 1. The molecule has 0 fully saturated rings. The van der Waals surface area contributed by atoms with Crippen LogP contribution >= 0.6 is 0 Å². The van der Waals surface area contributed by atoms with Crippen LogP contribution in [0.15, 0.2) is 121 Å². The predicted molar refractivity (Wildman–Crippen MR) is 209 cm³/mol. The highest BCUT2D eigenvalue weighted by Crippen LogP contribution is 2.37. The van der Waals surface area contributed by atoms with E-state index in [1.807, 2.05) is 0 Å². The van der Waals surface area contributed by atoms with Crippen LogP contribution in [0.2, 0.25) is 0 Å². The molecule has 5 aromatic carbocycles. The van der Waals surface area contributed by atoms with Crippen molar-refractivity contribution in [3.63, 3.8) is 0 Å². The highest BCUT2D eigenvalue weighted by atomic mass is 15.1. The van der Waals surface area contributed by atoms with Crippen molar-refractivity contribution >= 4 is 38.9 Å². The van der Waals surface area contributed by atoms with Gasteiger partial charge in [-0.1, -0.05) is 140 Å². The van der Waals surface area contributed by atoms with Crippen LogP contribution in [0.25, 0.3) is 27.5 Å². The summed E-state index contributed by atoms with van der Waals surface area (Å²) in [6.07, 6.45) is 12.7. The van der Waals surface area contributed by atoms with Crippen LogP contribution in [-0.2, 0) is 12.8 Å². The van der Waals surface area contributed by atoms with E-state index in [4.69, 9.17) is 0 Å². The Bertz CT molecular complexity index is 1750. The lowest BCUT2D eigenvalue weighted by atomic mass is 9.91. The second kappa shape index (κ2) is 16.2. The first-order chi connectivity index (χ1) is 23.6. The summed E-state index contributed by atoms with van der Waals surface area (Å²) in [4.78, 5) is 2.42. The Kier molecular flexibility index (Phi) is 11.3. The summed E-state index contributed by atoms with van der Waals surface area (Å²) in [5.74, 6) is 1.52. The standard InChI is InChI=1S/C46H54N2/c1-5-9-15-35(7-3)33-37-21-25-39(26-22-37)47(40-27-23-38(24-28-40)34-36(8-4)16-10-6-2)41-29-31-42(32-30-41)48-45-19-13-11-17-43(45)44-18-12-14-20-46(44)48/h11-14,17-32,35-36H,5-10,15-16,33-34H2,1-4H3. The molecule has 2 atom stereocenters. The van der Waals surface area contributed by atoms with E-state index < -0.39 is 0 Å². The van der Waals surface area contributed by atoms with Crippen molar-refractivity contribution in [2.75, 3.05) is 4.90 Å². The van der Waals surface area contributed by atoms with Gasteiger partial charge in [0, 0.05) is 33.5 Å². The van der Waals surface area contributed by atoms with Crippen LogP contribution in [-0.4, -0.2) is 4.57 Å². The molecule has 0 aliphatic heterocycles. The van der Waals surface area contributed by atoms with Crippen molar-refractivity contribution in [3.05, 3.63) is 132 Å². The third kappa shape index (κ3) is 7.54. The highest BCUT2D eigenvalue weighted by Gasteiger charge is 2.16. The van der Waals surface area contributed by atoms with Gasteiger partial charge in [-0.15, -0.1) is 0 Å². The van der Waals surface area contributed by atoms with Gasteiger partial charge in [0.2, 0.25) is 0 Å². The molecule has 248 valence electrons. The van der Waals surface area contributed by atoms with E-state index in [-0.39, 0.29) is 0 Å². The fourth-order valence-electron chi connectivity index (χ4n) is 7.51. The van der Waals surface area contributed by atoms with Gasteiger partial charge in [-0.3, -0.25) is 0 Å². The van der Waals surface area contributed by atoms with Gasteiger partial charge in [0.15, 0.2) is 0 Å². The third-order valence-corrected chi connectivity index (χ3v) is 10.5. The molecule has 0 N–H and O–H groups in total. The summed E-state index contributed by atoms with van der Waals surface area (Å²) in [6, 6.07) is 45.4. The van der Waals surface area contributed by atoms with Crippen LogP contribution in [0.5, 0.6) is 0 Å². The van der Waals surface area contributed by atoms with Crippen molar-refractivity contribution in [2.24, 2.45) is 11.8 Å². The predicted octanol–water partition coefficient (Wildman–Crippen LogP) is 13.8. The Balaban J connectivity index is 1.34. The van der Waals surface area contributed by atoms with Gasteiger partial charge in [-0.2, -0.15) is 0 Å². The Hall–Kier alpha value is -4.30. The molecule has 2 unspecified atom stereocenters. The first-order valence-electron chi connectivity index (χ1n) is 18.7. The second-order valence-corrected chi connectivity index (χ2v) is 13.8. The SMILES string of the molecule is CCCCC(CC)Cc1ccc(N(c2ccc(CC(CC)CCCC)cc2)c2ccc(-n3c4ccccc4c4ccccc43)cc2)cc1. The van der Waals surface area contributed by atoms with Crippen molar-refractivity contribution in [1.82, 2.24) is 4.57 Å². The summed E-state index contributed by atoms with van der Waals surface area (Å²) < 4.78 is 2.40. The average molecular weight is 635 g/mol. The van der Waals surface area contributed by atoms with Crippen molar-refractivity contribution < 1.29 is 0 Å². The minimum absolute atomic E-state index is 0.761. The van der Waals surface area contributed by atoms with Crippen LogP contribution in [0.1, 0.15) is 90.2 Å². The van der Waals surface area contributed by atoms with Gasteiger partial charge in [0.05, 0.1) is 11.0 Å². The molecule has 2 nitrogen and oxygen atoms in total. The Morgan fingerprint density at radius 3 is 1.27 bits per heavy atom. The lowest BCUT2D eigenvalue weighted by Crippen LogP contribution is -2.11. The van der Waals surface area contributed by atoms with E-state index in [0.717, 1.165) is 24.7 Å². The van der Waals surface area contributed by atoms with Gasteiger partial charge in [0.1, 0.15) is 0 Å². The van der Waals surface area contributed by atoms with E-state index in [9.17, 15) is 0 Å². The van der Waals surface area contributed by atoms with E-state index >= 15 is 0 Å². The van der Waals surface area contributed by atoms with Gasteiger partial charge >= 0.3 is 0 Å². The lowest BCUT2D eigenvalue weighted by Gasteiger charge is -2.26. The molecule has 0 amide bonds. The van der Waals surface area contributed by atoms with E-state index in [2.05, 4.69) is 158 Å². The maximum Gasteiger partial charge on any atom is 0.0541 e. The minimum atomic E-state index is 0.761. The quantitative estimate of drug-likeness (QED) is 0.103. The van der Waals surface area contributed by atoms with E-state index in [1.54, 1.807) is 0 Å². The van der Waals surface area contributed by atoms with Crippen molar-refractivity contribution in [1.29, 1.82) is 0 Å². The molecule has 0 aliphatic carbocycles. The zero-order valence-corrected chi connectivity index (χ0v) is 29.7. The molecule has 0 bridgehead atoms. The third-order valence-electron chi connectivity index (χ3n) is 10.5. The first-order valence-corrected chi connectivity index (χ1v) is 18.7. The number of hydrogen-bond donors (Lipinski definition) is 0. The molecule has 48 heavy (non-hydrogen) atoms. The van der Waals surface area contributed by atoms with E-state index in [1.165, 1.54) is 107 Å². The topological polar surface area (TPSA) is 8.17 Å². The van der Waals surface area contributed by atoms with Crippen LogP contribution < -0.4 is 4.90 Å². The molecule has 0 spiro atoms. The van der Waals surface area contributed by atoms with Gasteiger partial charge < -0.3 is 9.47 Å². The number of rotatable bonds is 16. The summed E-state index contributed by atoms with van der Waals surface area (Å²) in [7, 11) is 0. The number of fused-ring (bicyclic) bond motifs is 3. The Labute approximate surface area is 289 Å². The molecule has 0 aliphatic rings. The minimum Gasteiger partial charge on any atom is -0.311 e. The van der Waals surface area contributed by atoms with Gasteiger partial charge in [-0.25, -0.2) is 0 Å². The molecule has 1 heterocycles. The smallest absolute Gasteiger partial charge is 0.0541 e. The molecule has 2 heteroatoms. The van der Waals surface area contributed by atoms with Crippen molar-refractivity contribution in [3.8, 4) is 5.69 Å². The number of unbranched alkanes of at least 4 members (excludes halogenated alkanes) is 2. The fourth-order valence-corrected chi connectivity index (χ4v) is 7.51. The van der Waals surface area contributed by atoms with Gasteiger partial charge in [0.25, 0.3) is 0 Å². The molecule has 6 rings (SSSR count). The zero-order valence-electron chi connectivity index (χ0n) is 29.7. The number of benzene rings is 5. The molecule has 1 aromatic heterocycles. The monoisotopic (exact) mass is 634 g/mol. The molecular formula is C46H54N2.